The second-order valence-corrected chi connectivity index (χ2v) is 10.6. The van der Waals surface area contributed by atoms with Crippen LogP contribution in [0.2, 0.25) is 0 Å². The van der Waals surface area contributed by atoms with E-state index in [2.05, 4.69) is 16.0 Å². The van der Waals surface area contributed by atoms with Crippen molar-refractivity contribution in [1.82, 2.24) is 5.32 Å². The average molecular weight is 642 g/mol. The molecule has 0 unspecified atom stereocenters. The summed E-state index contributed by atoms with van der Waals surface area (Å²) in [7, 11) is 4.45. The minimum absolute atomic E-state index is 0.0501. The molecular formula is C34H31N3O8S. The first kappa shape index (κ1) is 33.1. The lowest BCUT2D eigenvalue weighted by Crippen LogP contribution is -2.30. The molecule has 0 aliphatic carbocycles. The van der Waals surface area contributed by atoms with Crippen molar-refractivity contribution in [2.45, 2.75) is 4.90 Å². The topological polar surface area (TPSA) is 152 Å². The van der Waals surface area contributed by atoms with Crippen LogP contribution in [0.15, 0.2) is 102 Å². The molecule has 0 saturated heterocycles. The zero-order valence-corrected chi connectivity index (χ0v) is 26.0. The number of carbonyl (C=O) groups excluding carboxylic acids is 3. The fraction of sp³-hybridized carbons (Fsp3) is 0.118. The van der Waals surface area contributed by atoms with Gasteiger partial charge in [-0.2, -0.15) is 0 Å². The number of methoxy groups -OCH3 is 3. The largest absolute Gasteiger partial charge is 0.496 e. The van der Waals surface area contributed by atoms with E-state index >= 15 is 0 Å². The van der Waals surface area contributed by atoms with Crippen LogP contribution in [0, 0.1) is 0 Å². The number of thioether (sulfide) groups is 1. The number of benzene rings is 4. The van der Waals surface area contributed by atoms with Crippen molar-refractivity contribution in [3.63, 3.8) is 0 Å². The number of carboxylic acid groups (broad SMARTS) is 1. The summed E-state index contributed by atoms with van der Waals surface area (Å²) in [4.78, 5) is 50.7. The first-order valence-electron chi connectivity index (χ1n) is 13.8. The highest BCUT2D eigenvalue weighted by Crippen LogP contribution is 2.35. The molecule has 236 valence electrons. The van der Waals surface area contributed by atoms with E-state index in [1.807, 2.05) is 0 Å². The van der Waals surface area contributed by atoms with Crippen LogP contribution < -0.4 is 30.2 Å². The van der Waals surface area contributed by atoms with E-state index in [9.17, 15) is 19.2 Å². The molecule has 46 heavy (non-hydrogen) atoms. The Morgan fingerprint density at radius 2 is 1.30 bits per heavy atom. The monoisotopic (exact) mass is 641 g/mol. The molecule has 0 fully saturated rings. The van der Waals surface area contributed by atoms with Gasteiger partial charge >= 0.3 is 5.97 Å². The van der Waals surface area contributed by atoms with Crippen LogP contribution in [-0.4, -0.2) is 55.9 Å². The number of hydrogen-bond acceptors (Lipinski definition) is 8. The van der Waals surface area contributed by atoms with Crippen molar-refractivity contribution >= 4 is 52.9 Å². The van der Waals surface area contributed by atoms with Gasteiger partial charge in [-0.25, -0.2) is 4.79 Å². The molecule has 0 heterocycles. The van der Waals surface area contributed by atoms with Crippen molar-refractivity contribution in [2.24, 2.45) is 0 Å². The molecule has 0 aromatic heterocycles. The molecule has 12 heteroatoms. The standard InChI is InChI=1S/C34H31N3O8S/c1-43-28-19-30(45-3)29(44-2)18-23(28)17-27(37-32(39)21-7-5-4-6-8-21)33(40)36-25-13-15-26(16-14-25)46-20-31(38)35-24-11-9-22(10-12-24)34(41)42/h4-19H,20H2,1-3H3,(H,35,38)(H,36,40)(H,37,39)(H,41,42)/b27-17-. The van der Waals surface area contributed by atoms with Gasteiger partial charge in [0.05, 0.1) is 32.6 Å². The van der Waals surface area contributed by atoms with Gasteiger partial charge in [0.25, 0.3) is 11.8 Å². The Hall–Kier alpha value is -5.75. The lowest BCUT2D eigenvalue weighted by atomic mass is 10.1. The third kappa shape index (κ3) is 8.89. The summed E-state index contributed by atoms with van der Waals surface area (Å²) in [5, 5.41) is 17.2. The maximum Gasteiger partial charge on any atom is 0.335 e. The summed E-state index contributed by atoms with van der Waals surface area (Å²) in [5.74, 6) is -1.05. The van der Waals surface area contributed by atoms with Gasteiger partial charge in [-0.15, -0.1) is 11.8 Å². The molecule has 4 N–H and O–H groups in total. The Bertz CT molecular complexity index is 1740. The van der Waals surface area contributed by atoms with Crippen molar-refractivity contribution in [3.05, 3.63) is 113 Å². The lowest BCUT2D eigenvalue weighted by Gasteiger charge is -2.15. The van der Waals surface area contributed by atoms with Crippen molar-refractivity contribution < 1.29 is 38.5 Å². The molecule has 4 aromatic carbocycles. The van der Waals surface area contributed by atoms with Gasteiger partial charge in [-0.1, -0.05) is 18.2 Å². The molecule has 11 nitrogen and oxygen atoms in total. The zero-order chi connectivity index (χ0) is 33.1. The number of hydrogen-bond donors (Lipinski definition) is 4. The molecular weight excluding hydrogens is 610 g/mol. The van der Waals surface area contributed by atoms with Crippen molar-refractivity contribution in [1.29, 1.82) is 0 Å². The summed E-state index contributed by atoms with van der Waals surface area (Å²) < 4.78 is 16.3. The fourth-order valence-electron chi connectivity index (χ4n) is 4.14. The van der Waals surface area contributed by atoms with Crippen LogP contribution in [0.5, 0.6) is 17.2 Å². The second-order valence-electron chi connectivity index (χ2n) is 9.53. The van der Waals surface area contributed by atoms with Gasteiger partial charge in [-0.05, 0) is 72.8 Å². The van der Waals surface area contributed by atoms with Gasteiger partial charge in [0.1, 0.15) is 11.4 Å². The molecule has 0 radical (unpaired) electrons. The number of carboxylic acids is 1. The number of nitrogens with one attached hydrogen (secondary N) is 3. The highest BCUT2D eigenvalue weighted by Gasteiger charge is 2.18. The van der Waals surface area contributed by atoms with Gasteiger partial charge in [0.15, 0.2) is 11.5 Å². The Balaban J connectivity index is 1.47. The second kappa shape index (κ2) is 15.8. The number of carbonyl (C=O) groups is 4. The van der Waals surface area contributed by atoms with Crippen molar-refractivity contribution in [2.75, 3.05) is 37.7 Å². The highest BCUT2D eigenvalue weighted by atomic mass is 32.2. The van der Waals surface area contributed by atoms with Crippen LogP contribution in [0.25, 0.3) is 6.08 Å². The van der Waals surface area contributed by atoms with Crippen LogP contribution in [0.1, 0.15) is 26.3 Å². The molecule has 4 rings (SSSR count). The lowest BCUT2D eigenvalue weighted by molar-refractivity contribution is -0.114. The third-order valence-corrected chi connectivity index (χ3v) is 7.47. The smallest absolute Gasteiger partial charge is 0.335 e. The van der Waals surface area contributed by atoms with Gasteiger partial charge < -0.3 is 35.3 Å². The SMILES string of the molecule is COc1cc(OC)c(OC)cc1/C=C(\NC(=O)c1ccccc1)C(=O)Nc1ccc(SCC(=O)Nc2ccc(C(=O)O)cc2)cc1. The third-order valence-electron chi connectivity index (χ3n) is 6.46. The number of anilines is 2. The number of amides is 3. The predicted molar refractivity (Wildman–Crippen MR) is 176 cm³/mol. The number of rotatable bonds is 13. The Kier molecular flexibility index (Phi) is 11.4. The first-order chi connectivity index (χ1) is 22.2. The van der Waals surface area contributed by atoms with E-state index in [-0.39, 0.29) is 22.9 Å². The number of aromatic carboxylic acids is 1. The molecule has 0 bridgehead atoms. The summed E-state index contributed by atoms with van der Waals surface area (Å²) in [6.45, 7) is 0. The minimum atomic E-state index is -1.05. The van der Waals surface area contributed by atoms with Crippen molar-refractivity contribution in [3.8, 4) is 17.2 Å². The molecule has 0 atom stereocenters. The molecule has 4 aromatic rings. The maximum absolute atomic E-state index is 13.5. The van der Waals surface area contributed by atoms with E-state index in [1.165, 1.54) is 63.4 Å². The predicted octanol–water partition coefficient (Wildman–Crippen LogP) is 5.55. The van der Waals surface area contributed by atoms with Gasteiger partial charge in [-0.3, -0.25) is 14.4 Å². The minimum Gasteiger partial charge on any atom is -0.496 e. The molecule has 3 amide bonds. The molecule has 0 saturated carbocycles. The zero-order valence-electron chi connectivity index (χ0n) is 25.2. The van der Waals surface area contributed by atoms with E-state index in [1.54, 1.807) is 66.7 Å². The van der Waals surface area contributed by atoms with Gasteiger partial charge in [0, 0.05) is 33.5 Å². The van der Waals surface area contributed by atoms with Crippen LogP contribution >= 0.6 is 11.8 Å². The van der Waals surface area contributed by atoms with E-state index in [0.717, 1.165) is 4.90 Å². The maximum atomic E-state index is 13.5. The summed E-state index contributed by atoms with van der Waals surface area (Å²) >= 11 is 1.28. The van der Waals surface area contributed by atoms with Gasteiger partial charge in [0.2, 0.25) is 5.91 Å². The van der Waals surface area contributed by atoms with E-state index < -0.39 is 17.8 Å². The summed E-state index contributed by atoms with van der Waals surface area (Å²) in [5.41, 5.74) is 1.84. The Morgan fingerprint density at radius 1 is 0.717 bits per heavy atom. The quantitative estimate of drug-likeness (QED) is 0.109. The van der Waals surface area contributed by atoms with E-state index in [0.29, 0.717) is 39.8 Å². The van der Waals surface area contributed by atoms with Crippen LogP contribution in [0.3, 0.4) is 0 Å². The normalized spacial score (nSPS) is 10.8. The number of ether oxygens (including phenoxy) is 3. The fourth-order valence-corrected chi connectivity index (χ4v) is 4.84. The Labute approximate surface area is 269 Å². The first-order valence-corrected chi connectivity index (χ1v) is 14.7. The average Bonchev–Trinajstić information content (AvgIpc) is 3.07. The van der Waals surface area contributed by atoms with Crippen LogP contribution in [0.4, 0.5) is 11.4 Å². The highest BCUT2D eigenvalue weighted by molar-refractivity contribution is 8.00. The summed E-state index contributed by atoms with van der Waals surface area (Å²) in [6, 6.07) is 24.5. The van der Waals surface area contributed by atoms with E-state index in [4.69, 9.17) is 19.3 Å². The molecule has 0 spiro atoms. The van der Waals surface area contributed by atoms with Crippen LogP contribution in [-0.2, 0) is 9.59 Å². The molecule has 0 aliphatic rings. The summed E-state index contributed by atoms with van der Waals surface area (Å²) in [6.07, 6.45) is 1.48. The molecule has 0 aliphatic heterocycles. The Morgan fingerprint density at radius 3 is 1.91 bits per heavy atom.